The molecule has 0 atom stereocenters. The van der Waals surface area contributed by atoms with Gasteiger partial charge in [0.25, 0.3) is 5.56 Å². The average molecular weight is 269 g/mol. The van der Waals surface area contributed by atoms with Crippen LogP contribution >= 0.6 is 0 Å². The van der Waals surface area contributed by atoms with E-state index in [1.165, 1.54) is 18.7 Å². The molecule has 0 spiro atoms. The third-order valence-electron chi connectivity index (χ3n) is 2.46. The van der Waals surface area contributed by atoms with E-state index in [0.717, 1.165) is 4.57 Å². The number of rotatable bonds is 4. The van der Waals surface area contributed by atoms with Gasteiger partial charge < -0.3 is 10.1 Å². The lowest BCUT2D eigenvalue weighted by molar-refractivity contribution is -0.141. The first-order valence-electron chi connectivity index (χ1n) is 5.17. The van der Waals surface area contributed by atoms with E-state index >= 15 is 0 Å². The van der Waals surface area contributed by atoms with Crippen molar-refractivity contribution < 1.29 is 14.7 Å². The highest BCUT2D eigenvalue weighted by Gasteiger charge is 2.13. The molecule has 0 radical (unpaired) electrons. The lowest BCUT2D eigenvalue weighted by Crippen LogP contribution is -2.36. The fraction of sp³-hybridized carbons (Fsp3) is 0.333. The Labute approximate surface area is 105 Å². The van der Waals surface area contributed by atoms with Crippen LogP contribution in [0, 0.1) is 0 Å². The number of fused-ring (bicyclic) bond motifs is 1. The first-order valence-corrected chi connectivity index (χ1v) is 5.17. The number of nitrogens with one attached hydrogen (secondary N) is 2. The number of carboxylic acids is 1. The zero-order chi connectivity index (χ0) is 14.2. The standard InChI is InChI=1S/C9H11N5O5/c1-13-6-5(7(17)14(2)9(13)18)10-8(11-6)12-19-3-4(15)16/h3H2,1-2H3,(H,15,16)(H2,10,11,12). The predicted molar refractivity (Wildman–Crippen MR) is 63.8 cm³/mol. The minimum Gasteiger partial charge on any atom is -0.479 e. The van der Waals surface area contributed by atoms with Gasteiger partial charge in [-0.1, -0.05) is 0 Å². The number of anilines is 1. The van der Waals surface area contributed by atoms with Gasteiger partial charge in [-0.2, -0.15) is 4.98 Å². The lowest BCUT2D eigenvalue weighted by atomic mass is 10.5. The van der Waals surface area contributed by atoms with E-state index in [-0.39, 0.29) is 17.1 Å². The molecule has 0 aliphatic carbocycles. The molecule has 2 heterocycles. The summed E-state index contributed by atoms with van der Waals surface area (Å²) >= 11 is 0. The van der Waals surface area contributed by atoms with E-state index in [0.29, 0.717) is 0 Å². The van der Waals surface area contributed by atoms with Gasteiger partial charge in [-0.25, -0.2) is 15.1 Å². The Morgan fingerprint density at radius 2 is 2.11 bits per heavy atom. The molecule has 0 fully saturated rings. The smallest absolute Gasteiger partial charge is 0.332 e. The number of hydrogen-bond donors (Lipinski definition) is 3. The molecule has 0 aliphatic heterocycles. The molecular formula is C9H11N5O5. The van der Waals surface area contributed by atoms with Crippen molar-refractivity contribution in [2.75, 3.05) is 12.1 Å². The molecule has 0 bridgehead atoms. The van der Waals surface area contributed by atoms with Crippen LogP contribution in [0.15, 0.2) is 9.59 Å². The molecule has 0 saturated carbocycles. The number of nitrogens with zero attached hydrogens (tertiary/aromatic N) is 3. The molecule has 2 rings (SSSR count). The van der Waals surface area contributed by atoms with E-state index in [1.54, 1.807) is 0 Å². The minimum absolute atomic E-state index is 0.0366. The van der Waals surface area contributed by atoms with Gasteiger partial charge in [-0.3, -0.25) is 18.8 Å². The first kappa shape index (κ1) is 12.8. The second kappa shape index (κ2) is 4.57. The van der Waals surface area contributed by atoms with Crippen LogP contribution in [0.25, 0.3) is 11.2 Å². The Morgan fingerprint density at radius 1 is 1.42 bits per heavy atom. The van der Waals surface area contributed by atoms with Crippen molar-refractivity contribution in [1.82, 2.24) is 19.1 Å². The van der Waals surface area contributed by atoms with E-state index in [1.807, 2.05) is 0 Å². The highest BCUT2D eigenvalue weighted by molar-refractivity contribution is 5.72. The average Bonchev–Trinajstić information content (AvgIpc) is 2.77. The van der Waals surface area contributed by atoms with Gasteiger partial charge in [0.1, 0.15) is 0 Å². The van der Waals surface area contributed by atoms with E-state index in [2.05, 4.69) is 20.3 Å². The molecule has 19 heavy (non-hydrogen) atoms. The molecule has 102 valence electrons. The molecule has 0 unspecified atom stereocenters. The second-order valence-electron chi connectivity index (χ2n) is 3.77. The van der Waals surface area contributed by atoms with Crippen LogP contribution < -0.4 is 16.7 Å². The van der Waals surface area contributed by atoms with Crippen LogP contribution in [0.3, 0.4) is 0 Å². The van der Waals surface area contributed by atoms with Crippen molar-refractivity contribution >= 4 is 23.1 Å². The topological polar surface area (TPSA) is 131 Å². The number of aryl methyl sites for hydroxylation is 1. The maximum atomic E-state index is 11.8. The number of carboxylic acid groups (broad SMARTS) is 1. The molecule has 0 aromatic carbocycles. The Morgan fingerprint density at radius 3 is 2.74 bits per heavy atom. The number of carbonyl (C=O) groups is 1. The summed E-state index contributed by atoms with van der Waals surface area (Å²) in [6, 6.07) is 0. The van der Waals surface area contributed by atoms with Gasteiger partial charge in [0.05, 0.1) is 0 Å². The maximum absolute atomic E-state index is 11.8. The van der Waals surface area contributed by atoms with Gasteiger partial charge in [0.15, 0.2) is 17.8 Å². The summed E-state index contributed by atoms with van der Waals surface area (Å²) in [7, 11) is 2.81. The van der Waals surface area contributed by atoms with E-state index in [4.69, 9.17) is 5.11 Å². The first-order chi connectivity index (χ1) is 8.91. The number of aliphatic carboxylic acids is 1. The van der Waals surface area contributed by atoms with Gasteiger partial charge in [0, 0.05) is 14.1 Å². The molecule has 10 nitrogen and oxygen atoms in total. The predicted octanol–water partition coefficient (Wildman–Crippen LogP) is -1.61. The number of imidazole rings is 1. The zero-order valence-electron chi connectivity index (χ0n) is 10.1. The highest BCUT2D eigenvalue weighted by Crippen LogP contribution is 2.07. The van der Waals surface area contributed by atoms with Gasteiger partial charge in [-0.15, -0.1) is 0 Å². The van der Waals surface area contributed by atoms with Crippen LogP contribution in [0.1, 0.15) is 0 Å². The van der Waals surface area contributed by atoms with Crippen LogP contribution in [-0.2, 0) is 23.7 Å². The SMILES string of the molecule is Cn1c(=O)c2[nH]c(NOCC(=O)O)nc2n(C)c1=O. The largest absolute Gasteiger partial charge is 0.479 e. The van der Waals surface area contributed by atoms with Crippen molar-refractivity contribution in [2.24, 2.45) is 14.1 Å². The summed E-state index contributed by atoms with van der Waals surface area (Å²) in [5, 5.41) is 8.40. The van der Waals surface area contributed by atoms with Gasteiger partial charge in [-0.05, 0) is 0 Å². The van der Waals surface area contributed by atoms with Crippen molar-refractivity contribution in [3.63, 3.8) is 0 Å². The molecule has 0 amide bonds. The maximum Gasteiger partial charge on any atom is 0.332 e. The number of aromatic nitrogens is 4. The third kappa shape index (κ3) is 2.20. The van der Waals surface area contributed by atoms with Crippen molar-refractivity contribution in [2.45, 2.75) is 0 Å². The molecule has 0 aliphatic rings. The fourth-order valence-electron chi connectivity index (χ4n) is 1.54. The lowest BCUT2D eigenvalue weighted by Gasteiger charge is -2.00. The summed E-state index contributed by atoms with van der Waals surface area (Å²) in [6.45, 7) is -0.575. The van der Waals surface area contributed by atoms with Crippen molar-refractivity contribution in [3.8, 4) is 0 Å². The molecule has 0 saturated heterocycles. The number of hydrogen-bond acceptors (Lipinski definition) is 6. The normalized spacial score (nSPS) is 10.8. The Bertz CT molecular complexity index is 755. The number of aromatic amines is 1. The van der Waals surface area contributed by atoms with Crippen LogP contribution in [0.4, 0.5) is 5.95 Å². The molecule has 10 heteroatoms. The number of H-pyrrole nitrogens is 1. The van der Waals surface area contributed by atoms with Crippen LogP contribution in [-0.4, -0.2) is 36.8 Å². The summed E-state index contributed by atoms with van der Waals surface area (Å²) in [6.07, 6.45) is 0. The molecule has 3 N–H and O–H groups in total. The summed E-state index contributed by atoms with van der Waals surface area (Å²) < 4.78 is 2.12. The quantitative estimate of drug-likeness (QED) is 0.569. The van der Waals surface area contributed by atoms with Gasteiger partial charge in [0.2, 0.25) is 5.95 Å². The van der Waals surface area contributed by atoms with Gasteiger partial charge >= 0.3 is 11.7 Å². The molecule has 2 aromatic heterocycles. The van der Waals surface area contributed by atoms with E-state index in [9.17, 15) is 14.4 Å². The zero-order valence-corrected chi connectivity index (χ0v) is 10.1. The van der Waals surface area contributed by atoms with E-state index < -0.39 is 23.8 Å². The van der Waals surface area contributed by atoms with Crippen molar-refractivity contribution in [3.05, 3.63) is 20.8 Å². The Balaban J connectivity index is 2.44. The van der Waals surface area contributed by atoms with Crippen LogP contribution in [0.2, 0.25) is 0 Å². The highest BCUT2D eigenvalue weighted by atomic mass is 16.7. The molecule has 2 aromatic rings. The molecular weight excluding hydrogens is 258 g/mol. The van der Waals surface area contributed by atoms with Crippen molar-refractivity contribution in [1.29, 1.82) is 0 Å². The summed E-state index contributed by atoms with van der Waals surface area (Å²) in [4.78, 5) is 44.9. The second-order valence-corrected chi connectivity index (χ2v) is 3.77. The summed E-state index contributed by atoms with van der Waals surface area (Å²) in [5.41, 5.74) is 1.47. The third-order valence-corrected chi connectivity index (χ3v) is 2.46. The minimum atomic E-state index is -1.16. The Hall–Kier alpha value is -2.62. The van der Waals surface area contributed by atoms with Crippen LogP contribution in [0.5, 0.6) is 0 Å². The fourth-order valence-corrected chi connectivity index (χ4v) is 1.54. The monoisotopic (exact) mass is 269 g/mol. The summed E-state index contributed by atoms with van der Waals surface area (Å²) in [5.74, 6) is -1.12. The Kier molecular flexibility index (Phi) is 3.09.